The number of furan rings is 1. The minimum absolute atomic E-state index is 0.192. The summed E-state index contributed by atoms with van der Waals surface area (Å²) in [5, 5.41) is 2.85. The molecule has 1 atom stereocenters. The molecule has 6 heteroatoms. The van der Waals surface area contributed by atoms with Crippen molar-refractivity contribution in [2.24, 2.45) is 0 Å². The molecule has 1 rings (SSSR count). The van der Waals surface area contributed by atoms with Crippen molar-refractivity contribution in [3.8, 4) is 0 Å². The summed E-state index contributed by atoms with van der Waals surface area (Å²) >= 11 is 3.16. The third-order valence-electron chi connectivity index (χ3n) is 2.63. The van der Waals surface area contributed by atoms with Crippen LogP contribution >= 0.6 is 15.9 Å². The molecule has 0 aromatic carbocycles. The Bertz CT molecular complexity index is 476. The molecule has 0 saturated heterocycles. The lowest BCUT2D eigenvalue weighted by molar-refractivity contribution is -0.126. The molecule has 106 valence electrons. The lowest BCUT2D eigenvalue weighted by Crippen LogP contribution is -2.51. The summed E-state index contributed by atoms with van der Waals surface area (Å²) in [6, 6.07) is 1.01. The van der Waals surface area contributed by atoms with E-state index in [9.17, 15) is 9.59 Å². The number of amides is 2. The Morgan fingerprint density at radius 1 is 1.42 bits per heavy atom. The van der Waals surface area contributed by atoms with E-state index in [-0.39, 0.29) is 17.4 Å². The number of rotatable bonds is 3. The van der Waals surface area contributed by atoms with Crippen LogP contribution < -0.4 is 5.32 Å². The molecule has 0 saturated carbocycles. The fourth-order valence-electron chi connectivity index (χ4n) is 1.46. The van der Waals surface area contributed by atoms with E-state index in [4.69, 9.17) is 4.42 Å². The summed E-state index contributed by atoms with van der Waals surface area (Å²) in [6.07, 6.45) is 1.42. The van der Waals surface area contributed by atoms with Crippen molar-refractivity contribution in [2.75, 3.05) is 7.05 Å². The Kier molecular flexibility index (Phi) is 4.79. The highest BCUT2D eigenvalue weighted by Gasteiger charge is 2.27. The van der Waals surface area contributed by atoms with Crippen molar-refractivity contribution >= 4 is 27.7 Å². The summed E-state index contributed by atoms with van der Waals surface area (Å²) in [5.74, 6) is -0.458. The molecule has 1 aromatic heterocycles. The van der Waals surface area contributed by atoms with Gasteiger partial charge in [0.05, 0.1) is 11.8 Å². The van der Waals surface area contributed by atoms with Gasteiger partial charge in [-0.1, -0.05) is 0 Å². The van der Waals surface area contributed by atoms with Crippen LogP contribution in [0, 0.1) is 0 Å². The molecule has 19 heavy (non-hydrogen) atoms. The Labute approximate surface area is 121 Å². The third-order valence-corrected chi connectivity index (χ3v) is 3.24. The predicted molar refractivity (Wildman–Crippen MR) is 75.9 cm³/mol. The number of carbonyl (C=O) groups excluding carboxylic acids is 2. The normalized spacial score (nSPS) is 12.9. The molecule has 1 aromatic rings. The molecule has 0 bridgehead atoms. The highest BCUT2D eigenvalue weighted by Crippen LogP contribution is 2.19. The molecule has 0 aliphatic rings. The average molecular weight is 331 g/mol. The number of likely N-dealkylation sites (N-methyl/N-ethyl adjacent to an activating group) is 1. The van der Waals surface area contributed by atoms with Gasteiger partial charge in [0.15, 0.2) is 4.67 Å². The Hall–Kier alpha value is -1.30. The van der Waals surface area contributed by atoms with Gasteiger partial charge in [0, 0.05) is 12.6 Å². The molecule has 0 radical (unpaired) electrons. The van der Waals surface area contributed by atoms with Gasteiger partial charge in [-0.2, -0.15) is 0 Å². The van der Waals surface area contributed by atoms with Gasteiger partial charge < -0.3 is 14.6 Å². The van der Waals surface area contributed by atoms with Gasteiger partial charge in [-0.05, 0) is 49.7 Å². The lowest BCUT2D eigenvalue weighted by Gasteiger charge is -2.28. The molecule has 1 heterocycles. The minimum atomic E-state index is -0.562. The van der Waals surface area contributed by atoms with Gasteiger partial charge in [-0.3, -0.25) is 9.59 Å². The van der Waals surface area contributed by atoms with E-state index in [2.05, 4.69) is 21.2 Å². The van der Waals surface area contributed by atoms with E-state index in [1.807, 2.05) is 20.8 Å². The van der Waals surface area contributed by atoms with Gasteiger partial charge in [0.2, 0.25) is 5.91 Å². The molecule has 0 fully saturated rings. The molecule has 0 unspecified atom stereocenters. The molecule has 2 amide bonds. The molecule has 5 nitrogen and oxygen atoms in total. The molecule has 0 aliphatic carbocycles. The monoisotopic (exact) mass is 330 g/mol. The fourth-order valence-corrected chi connectivity index (χ4v) is 1.87. The first-order valence-electron chi connectivity index (χ1n) is 5.95. The summed E-state index contributed by atoms with van der Waals surface area (Å²) in [5.41, 5.74) is 0.0729. The molecule has 1 N–H and O–H groups in total. The van der Waals surface area contributed by atoms with Crippen LogP contribution in [0.1, 0.15) is 38.1 Å². The standard InChI is InChI=1S/C13H19BrN2O3/c1-8(11(17)15-13(2,3)4)16(5)12(18)9-6-7-19-10(9)14/h6-8H,1-5H3,(H,15,17)/t8-/m1/s1. The van der Waals surface area contributed by atoms with Gasteiger partial charge in [-0.25, -0.2) is 0 Å². The average Bonchev–Trinajstić information content (AvgIpc) is 2.70. The van der Waals surface area contributed by atoms with Crippen LogP contribution in [0.15, 0.2) is 21.4 Å². The highest BCUT2D eigenvalue weighted by molar-refractivity contribution is 9.10. The van der Waals surface area contributed by atoms with Crippen LogP contribution in [0.5, 0.6) is 0 Å². The number of nitrogens with one attached hydrogen (secondary N) is 1. The number of hydrogen-bond acceptors (Lipinski definition) is 3. The number of nitrogens with zero attached hydrogens (tertiary/aromatic N) is 1. The zero-order valence-electron chi connectivity index (χ0n) is 11.8. The third kappa shape index (κ3) is 4.09. The van der Waals surface area contributed by atoms with Crippen LogP contribution in [0.3, 0.4) is 0 Å². The summed E-state index contributed by atoms with van der Waals surface area (Å²) < 4.78 is 5.39. The van der Waals surface area contributed by atoms with Crippen molar-refractivity contribution in [3.05, 3.63) is 22.6 Å². The molecular weight excluding hydrogens is 312 g/mol. The first-order chi connectivity index (χ1) is 8.63. The van der Waals surface area contributed by atoms with Gasteiger partial charge in [0.1, 0.15) is 6.04 Å². The zero-order chi connectivity index (χ0) is 14.8. The van der Waals surface area contributed by atoms with Gasteiger partial charge in [-0.15, -0.1) is 0 Å². The highest BCUT2D eigenvalue weighted by atomic mass is 79.9. The maximum Gasteiger partial charge on any atom is 0.258 e. The van der Waals surface area contributed by atoms with E-state index < -0.39 is 6.04 Å². The zero-order valence-corrected chi connectivity index (χ0v) is 13.4. The number of halogens is 1. The van der Waals surface area contributed by atoms with Crippen molar-refractivity contribution in [2.45, 2.75) is 39.3 Å². The quantitative estimate of drug-likeness (QED) is 0.925. The summed E-state index contributed by atoms with van der Waals surface area (Å²) in [7, 11) is 1.59. The first kappa shape index (κ1) is 15.8. The lowest BCUT2D eigenvalue weighted by atomic mass is 10.1. The Morgan fingerprint density at radius 2 is 2.00 bits per heavy atom. The van der Waals surface area contributed by atoms with Crippen LogP contribution in [0.2, 0.25) is 0 Å². The van der Waals surface area contributed by atoms with Crippen molar-refractivity contribution in [1.82, 2.24) is 10.2 Å². The minimum Gasteiger partial charge on any atom is -0.457 e. The number of hydrogen-bond donors (Lipinski definition) is 1. The van der Waals surface area contributed by atoms with Crippen LogP contribution in [0.4, 0.5) is 0 Å². The topological polar surface area (TPSA) is 62.6 Å². The molecular formula is C13H19BrN2O3. The Balaban J connectivity index is 2.77. The second-order valence-electron chi connectivity index (χ2n) is 5.44. The fraction of sp³-hybridized carbons (Fsp3) is 0.538. The van der Waals surface area contributed by atoms with E-state index in [1.54, 1.807) is 20.0 Å². The first-order valence-corrected chi connectivity index (χ1v) is 6.75. The molecule has 0 spiro atoms. The van der Waals surface area contributed by atoms with Crippen molar-refractivity contribution in [3.63, 3.8) is 0 Å². The van der Waals surface area contributed by atoms with Gasteiger partial charge in [0.25, 0.3) is 5.91 Å². The van der Waals surface area contributed by atoms with Crippen molar-refractivity contribution < 1.29 is 14.0 Å². The van der Waals surface area contributed by atoms with Crippen LogP contribution in [0.25, 0.3) is 0 Å². The maximum atomic E-state index is 12.2. The van der Waals surface area contributed by atoms with Crippen LogP contribution in [-0.4, -0.2) is 35.3 Å². The predicted octanol–water partition coefficient (Wildman–Crippen LogP) is 2.42. The second-order valence-corrected chi connectivity index (χ2v) is 6.16. The SMILES string of the molecule is C[C@H](C(=O)NC(C)(C)C)N(C)C(=O)c1ccoc1Br. The maximum absolute atomic E-state index is 12.2. The van der Waals surface area contributed by atoms with E-state index in [1.165, 1.54) is 11.2 Å². The number of carbonyl (C=O) groups is 2. The Morgan fingerprint density at radius 3 is 2.42 bits per heavy atom. The van der Waals surface area contributed by atoms with E-state index in [0.717, 1.165) is 0 Å². The van der Waals surface area contributed by atoms with Gasteiger partial charge >= 0.3 is 0 Å². The smallest absolute Gasteiger partial charge is 0.258 e. The van der Waals surface area contributed by atoms with E-state index in [0.29, 0.717) is 10.2 Å². The van der Waals surface area contributed by atoms with Crippen molar-refractivity contribution in [1.29, 1.82) is 0 Å². The largest absolute Gasteiger partial charge is 0.457 e. The summed E-state index contributed by atoms with van der Waals surface area (Å²) in [4.78, 5) is 25.6. The summed E-state index contributed by atoms with van der Waals surface area (Å²) in [6.45, 7) is 7.37. The van der Waals surface area contributed by atoms with E-state index >= 15 is 0 Å². The van der Waals surface area contributed by atoms with Crippen LogP contribution in [-0.2, 0) is 4.79 Å². The molecule has 0 aliphatic heterocycles. The second kappa shape index (κ2) is 5.77.